The number of carbonyl (C=O) groups is 1. The molecule has 2 rings (SSSR count). The topological polar surface area (TPSA) is 38.3 Å². The third-order valence-corrected chi connectivity index (χ3v) is 3.65. The largest absolute Gasteiger partial charge is 0.495 e. The van der Waals surface area contributed by atoms with Gasteiger partial charge in [-0.05, 0) is 42.0 Å². The summed E-state index contributed by atoms with van der Waals surface area (Å²) in [4.78, 5) is 11.9. The van der Waals surface area contributed by atoms with Gasteiger partial charge in [-0.25, -0.2) is 0 Å². The first-order valence-corrected chi connectivity index (χ1v) is 7.40. The Labute approximate surface area is 143 Å². The molecule has 0 spiro atoms. The highest BCUT2D eigenvalue weighted by molar-refractivity contribution is 6.35. The molecule has 0 aliphatic heterocycles. The molecule has 6 heteroatoms. The molecule has 0 aromatic heterocycles. The van der Waals surface area contributed by atoms with Crippen molar-refractivity contribution in [3.05, 3.63) is 63.1 Å². The fourth-order valence-electron chi connectivity index (χ4n) is 1.73. The first-order chi connectivity index (χ1) is 10.5. The van der Waals surface area contributed by atoms with Crippen molar-refractivity contribution in [1.29, 1.82) is 0 Å². The number of amides is 1. The molecule has 0 aliphatic carbocycles. The van der Waals surface area contributed by atoms with Crippen LogP contribution in [0.15, 0.2) is 42.5 Å². The SMILES string of the molecule is COc1ccc(NC(=O)C=Cc2ccc(Cl)cc2Cl)cc1Cl. The van der Waals surface area contributed by atoms with Crippen LogP contribution in [0.2, 0.25) is 15.1 Å². The van der Waals surface area contributed by atoms with Crippen LogP contribution >= 0.6 is 34.8 Å². The van der Waals surface area contributed by atoms with Gasteiger partial charge in [0, 0.05) is 21.8 Å². The third kappa shape index (κ3) is 4.41. The minimum absolute atomic E-state index is 0.299. The van der Waals surface area contributed by atoms with Crippen molar-refractivity contribution in [1.82, 2.24) is 0 Å². The summed E-state index contributed by atoms with van der Waals surface area (Å²) in [7, 11) is 1.53. The molecule has 3 nitrogen and oxygen atoms in total. The standard InChI is InChI=1S/C16H12Cl3NO2/c1-22-15-6-5-12(9-14(15)19)20-16(21)7-3-10-2-4-11(17)8-13(10)18/h2-9H,1H3,(H,20,21). The number of rotatable bonds is 4. The lowest BCUT2D eigenvalue weighted by Crippen LogP contribution is -2.07. The smallest absolute Gasteiger partial charge is 0.248 e. The zero-order valence-corrected chi connectivity index (χ0v) is 13.8. The first kappa shape index (κ1) is 16.7. The molecule has 0 saturated carbocycles. The van der Waals surface area contributed by atoms with E-state index in [1.54, 1.807) is 42.5 Å². The number of benzene rings is 2. The molecule has 0 bridgehead atoms. The average Bonchev–Trinajstić information content (AvgIpc) is 2.46. The zero-order chi connectivity index (χ0) is 16.1. The van der Waals surface area contributed by atoms with Gasteiger partial charge in [-0.3, -0.25) is 4.79 Å². The van der Waals surface area contributed by atoms with Gasteiger partial charge in [-0.15, -0.1) is 0 Å². The van der Waals surface area contributed by atoms with Crippen molar-refractivity contribution in [2.75, 3.05) is 12.4 Å². The van der Waals surface area contributed by atoms with E-state index in [0.717, 1.165) is 0 Å². The Hall–Kier alpha value is -1.68. The molecule has 0 aliphatic rings. The van der Waals surface area contributed by atoms with Crippen LogP contribution in [0.1, 0.15) is 5.56 Å². The average molecular weight is 357 g/mol. The van der Waals surface area contributed by atoms with Gasteiger partial charge in [0.1, 0.15) is 5.75 Å². The Kier molecular flexibility index (Phi) is 5.72. The van der Waals surface area contributed by atoms with E-state index < -0.39 is 0 Å². The van der Waals surface area contributed by atoms with Crippen molar-refractivity contribution < 1.29 is 9.53 Å². The van der Waals surface area contributed by atoms with Crippen LogP contribution in [0.25, 0.3) is 6.08 Å². The molecule has 0 atom stereocenters. The van der Waals surface area contributed by atoms with Gasteiger partial charge < -0.3 is 10.1 Å². The Bertz CT molecular complexity index is 729. The Morgan fingerprint density at radius 3 is 2.50 bits per heavy atom. The number of nitrogens with one attached hydrogen (secondary N) is 1. The van der Waals surface area contributed by atoms with E-state index >= 15 is 0 Å². The maximum Gasteiger partial charge on any atom is 0.248 e. The van der Waals surface area contributed by atoms with E-state index in [1.165, 1.54) is 13.2 Å². The van der Waals surface area contributed by atoms with Gasteiger partial charge in [-0.2, -0.15) is 0 Å². The number of halogens is 3. The zero-order valence-electron chi connectivity index (χ0n) is 11.6. The summed E-state index contributed by atoms with van der Waals surface area (Å²) in [5.74, 6) is 0.246. The lowest BCUT2D eigenvalue weighted by Gasteiger charge is -2.06. The predicted octanol–water partition coefficient (Wildman–Crippen LogP) is 5.31. The molecule has 1 N–H and O–H groups in total. The second-order valence-corrected chi connectivity index (χ2v) is 5.59. The van der Waals surface area contributed by atoms with E-state index in [9.17, 15) is 4.79 Å². The lowest BCUT2D eigenvalue weighted by molar-refractivity contribution is -0.111. The van der Waals surface area contributed by atoms with Crippen LogP contribution in [0, 0.1) is 0 Å². The lowest BCUT2D eigenvalue weighted by atomic mass is 10.2. The summed E-state index contributed by atoms with van der Waals surface area (Å²) in [6.45, 7) is 0. The molecular weight excluding hydrogens is 345 g/mol. The number of methoxy groups -OCH3 is 1. The van der Waals surface area contributed by atoms with Gasteiger partial charge in [-0.1, -0.05) is 40.9 Å². The highest BCUT2D eigenvalue weighted by Crippen LogP contribution is 2.27. The maximum absolute atomic E-state index is 11.9. The van der Waals surface area contributed by atoms with E-state index in [2.05, 4.69) is 5.32 Å². The number of hydrogen-bond acceptors (Lipinski definition) is 2. The molecule has 1 amide bonds. The van der Waals surface area contributed by atoms with Crippen molar-refractivity contribution >= 4 is 52.5 Å². The third-order valence-electron chi connectivity index (χ3n) is 2.80. The molecule has 22 heavy (non-hydrogen) atoms. The monoisotopic (exact) mass is 355 g/mol. The predicted molar refractivity (Wildman–Crippen MR) is 92.1 cm³/mol. The number of carbonyl (C=O) groups excluding carboxylic acids is 1. The van der Waals surface area contributed by atoms with Crippen LogP contribution in [-0.4, -0.2) is 13.0 Å². The highest BCUT2D eigenvalue weighted by Gasteiger charge is 2.04. The minimum atomic E-state index is -0.299. The summed E-state index contributed by atoms with van der Waals surface area (Å²) in [6.07, 6.45) is 2.99. The Balaban J connectivity index is 2.06. The normalized spacial score (nSPS) is 10.7. The fourth-order valence-corrected chi connectivity index (χ4v) is 2.46. The second-order valence-electron chi connectivity index (χ2n) is 4.34. The second kappa shape index (κ2) is 7.54. The van der Waals surface area contributed by atoms with Crippen molar-refractivity contribution in [3.63, 3.8) is 0 Å². The summed E-state index contributed by atoms with van der Waals surface area (Å²) in [6, 6.07) is 10.0. The summed E-state index contributed by atoms with van der Waals surface area (Å²) < 4.78 is 5.05. The van der Waals surface area contributed by atoms with E-state index in [-0.39, 0.29) is 5.91 Å². The van der Waals surface area contributed by atoms with Crippen molar-refractivity contribution in [3.8, 4) is 5.75 Å². The number of ether oxygens (including phenoxy) is 1. The van der Waals surface area contributed by atoms with Crippen LogP contribution in [0.3, 0.4) is 0 Å². The van der Waals surface area contributed by atoms with Crippen LogP contribution in [0.4, 0.5) is 5.69 Å². The quantitative estimate of drug-likeness (QED) is 0.754. The molecule has 0 fully saturated rings. The van der Waals surface area contributed by atoms with Gasteiger partial charge >= 0.3 is 0 Å². The van der Waals surface area contributed by atoms with Crippen molar-refractivity contribution in [2.24, 2.45) is 0 Å². The Morgan fingerprint density at radius 1 is 1.09 bits per heavy atom. The minimum Gasteiger partial charge on any atom is -0.495 e. The molecule has 0 unspecified atom stereocenters. The molecular formula is C16H12Cl3NO2. The van der Waals surface area contributed by atoms with Gasteiger partial charge in [0.25, 0.3) is 0 Å². The maximum atomic E-state index is 11.9. The molecule has 114 valence electrons. The van der Waals surface area contributed by atoms with E-state index in [0.29, 0.717) is 32.1 Å². The molecule has 0 heterocycles. The van der Waals surface area contributed by atoms with Gasteiger partial charge in [0.15, 0.2) is 0 Å². The summed E-state index contributed by atoms with van der Waals surface area (Å²) >= 11 is 17.8. The van der Waals surface area contributed by atoms with Crippen molar-refractivity contribution in [2.45, 2.75) is 0 Å². The highest BCUT2D eigenvalue weighted by atomic mass is 35.5. The van der Waals surface area contributed by atoms with Gasteiger partial charge in [0.05, 0.1) is 12.1 Å². The summed E-state index contributed by atoms with van der Waals surface area (Å²) in [5, 5.41) is 4.14. The van der Waals surface area contributed by atoms with E-state index in [4.69, 9.17) is 39.5 Å². The van der Waals surface area contributed by atoms with Crippen LogP contribution < -0.4 is 10.1 Å². The summed E-state index contributed by atoms with van der Waals surface area (Å²) in [5.41, 5.74) is 1.27. The fraction of sp³-hybridized carbons (Fsp3) is 0.0625. The molecule has 2 aromatic carbocycles. The number of anilines is 1. The molecule has 2 aromatic rings. The van der Waals surface area contributed by atoms with E-state index in [1.807, 2.05) is 0 Å². The Morgan fingerprint density at radius 2 is 1.86 bits per heavy atom. The first-order valence-electron chi connectivity index (χ1n) is 6.27. The number of hydrogen-bond donors (Lipinski definition) is 1. The molecule has 0 radical (unpaired) electrons. The van der Waals surface area contributed by atoms with Crippen LogP contribution in [-0.2, 0) is 4.79 Å². The van der Waals surface area contributed by atoms with Crippen LogP contribution in [0.5, 0.6) is 5.75 Å². The molecule has 0 saturated heterocycles. The van der Waals surface area contributed by atoms with Gasteiger partial charge in [0.2, 0.25) is 5.91 Å².